The molecule has 0 spiro atoms. The Hall–Kier alpha value is -2.83. The van der Waals surface area contributed by atoms with Crippen LogP contribution in [0.15, 0.2) is 70.5 Å². The normalized spacial score (nSPS) is 10.9. The molecule has 0 saturated heterocycles. The lowest BCUT2D eigenvalue weighted by molar-refractivity contribution is 0.0998. The van der Waals surface area contributed by atoms with Crippen LogP contribution in [0.1, 0.15) is 21.7 Å². The Labute approximate surface area is 171 Å². The van der Waals surface area contributed by atoms with E-state index in [1.165, 1.54) is 11.8 Å². The van der Waals surface area contributed by atoms with Crippen molar-refractivity contribution in [2.75, 3.05) is 5.32 Å². The predicted octanol–water partition coefficient (Wildman–Crippen LogP) is 5.73. The van der Waals surface area contributed by atoms with Crippen LogP contribution in [0.3, 0.4) is 0 Å². The first-order valence-electron chi connectivity index (χ1n) is 8.59. The van der Waals surface area contributed by atoms with Crippen LogP contribution >= 0.6 is 23.4 Å². The van der Waals surface area contributed by atoms with Gasteiger partial charge in [-0.15, -0.1) is 0 Å². The number of carbonyl (C=O) groups is 1. The van der Waals surface area contributed by atoms with Gasteiger partial charge in [0.05, 0.1) is 0 Å². The van der Waals surface area contributed by atoms with Crippen LogP contribution in [0.2, 0.25) is 5.02 Å². The molecule has 0 saturated carbocycles. The minimum atomic E-state index is -0.319. The molecule has 0 aliphatic heterocycles. The summed E-state index contributed by atoms with van der Waals surface area (Å²) < 4.78 is 5.88. The Morgan fingerprint density at radius 1 is 1.14 bits per heavy atom. The third kappa shape index (κ3) is 3.88. The zero-order valence-corrected chi connectivity index (χ0v) is 16.6. The number of halogens is 1. The van der Waals surface area contributed by atoms with E-state index >= 15 is 0 Å². The topological polar surface area (TPSA) is 68.0 Å². The van der Waals surface area contributed by atoms with Gasteiger partial charge in [0, 0.05) is 39.8 Å². The zero-order valence-electron chi connectivity index (χ0n) is 15.0. The van der Waals surface area contributed by atoms with Crippen molar-refractivity contribution in [3.63, 3.8) is 0 Å². The fourth-order valence-corrected chi connectivity index (χ4v) is 3.79. The number of nitrogens with zero attached hydrogens (tertiary/aromatic N) is 2. The molecule has 1 amide bonds. The van der Waals surface area contributed by atoms with Crippen LogP contribution in [0.5, 0.6) is 0 Å². The van der Waals surface area contributed by atoms with E-state index in [0.29, 0.717) is 27.2 Å². The highest BCUT2D eigenvalue weighted by atomic mass is 35.5. The molecule has 2 aromatic heterocycles. The third-order valence-corrected chi connectivity index (χ3v) is 5.53. The maximum absolute atomic E-state index is 12.9. The number of furan rings is 1. The van der Waals surface area contributed by atoms with Gasteiger partial charge in [0.15, 0.2) is 10.9 Å². The second kappa shape index (κ2) is 8.04. The number of aryl methyl sites for hydroxylation is 1. The van der Waals surface area contributed by atoms with Crippen molar-refractivity contribution in [2.24, 2.45) is 0 Å². The molecule has 28 heavy (non-hydrogen) atoms. The van der Waals surface area contributed by atoms with E-state index in [0.717, 1.165) is 16.5 Å². The van der Waals surface area contributed by atoms with Gasteiger partial charge < -0.3 is 9.73 Å². The van der Waals surface area contributed by atoms with Gasteiger partial charge >= 0.3 is 0 Å². The Morgan fingerprint density at radius 2 is 1.93 bits per heavy atom. The number of hydrogen-bond acceptors (Lipinski definition) is 5. The molecule has 0 aliphatic carbocycles. The smallest absolute Gasteiger partial charge is 0.291 e. The van der Waals surface area contributed by atoms with Crippen molar-refractivity contribution < 1.29 is 9.21 Å². The van der Waals surface area contributed by atoms with Gasteiger partial charge in [0.1, 0.15) is 5.58 Å². The summed E-state index contributed by atoms with van der Waals surface area (Å²) in [7, 11) is 0. The molecule has 0 aliphatic rings. The Morgan fingerprint density at radius 3 is 2.71 bits per heavy atom. The number of anilines is 1. The summed E-state index contributed by atoms with van der Waals surface area (Å²) in [6.07, 6.45) is 3.38. The number of aromatic nitrogens is 2. The molecule has 4 rings (SSSR count). The monoisotopic (exact) mass is 409 g/mol. The Bertz CT molecular complexity index is 1150. The van der Waals surface area contributed by atoms with E-state index in [2.05, 4.69) is 15.3 Å². The number of para-hydroxylation sites is 1. The molecule has 0 radical (unpaired) electrons. The van der Waals surface area contributed by atoms with Crippen molar-refractivity contribution in [3.05, 3.63) is 82.8 Å². The van der Waals surface area contributed by atoms with Crippen molar-refractivity contribution >= 4 is 45.9 Å². The van der Waals surface area contributed by atoms with Crippen LogP contribution in [0, 0.1) is 6.92 Å². The molecule has 2 aromatic carbocycles. The van der Waals surface area contributed by atoms with Crippen molar-refractivity contribution in [2.45, 2.75) is 17.8 Å². The Kier molecular flexibility index (Phi) is 5.32. The second-order valence-corrected chi connectivity index (χ2v) is 7.49. The quantitative estimate of drug-likeness (QED) is 0.336. The molecule has 0 bridgehead atoms. The van der Waals surface area contributed by atoms with Crippen molar-refractivity contribution in [3.8, 4) is 0 Å². The number of thioether (sulfide) groups is 1. The molecule has 5 nitrogen and oxygen atoms in total. The number of nitrogens with one attached hydrogen (secondary N) is 1. The van der Waals surface area contributed by atoms with Crippen LogP contribution in [-0.4, -0.2) is 15.9 Å². The molecule has 0 unspecified atom stereocenters. The van der Waals surface area contributed by atoms with Crippen molar-refractivity contribution in [1.82, 2.24) is 9.97 Å². The van der Waals surface area contributed by atoms with E-state index in [1.807, 2.05) is 43.3 Å². The highest BCUT2D eigenvalue weighted by Crippen LogP contribution is 2.31. The minimum Gasteiger partial charge on any atom is -0.451 e. The van der Waals surface area contributed by atoms with Gasteiger partial charge in [-0.05, 0) is 36.8 Å². The molecular formula is C21H16ClN3O2S. The first-order valence-corrected chi connectivity index (χ1v) is 9.96. The number of carbonyl (C=O) groups excluding carboxylic acids is 1. The largest absolute Gasteiger partial charge is 0.451 e. The maximum atomic E-state index is 12.9. The number of rotatable bonds is 5. The summed E-state index contributed by atoms with van der Waals surface area (Å²) >= 11 is 7.62. The average Bonchev–Trinajstić information content (AvgIpc) is 3.09. The fraction of sp³-hybridized carbons (Fsp3) is 0.0952. The van der Waals surface area contributed by atoms with Crippen LogP contribution in [0.25, 0.3) is 11.0 Å². The summed E-state index contributed by atoms with van der Waals surface area (Å²) in [6.45, 7) is 1.91. The van der Waals surface area contributed by atoms with E-state index in [9.17, 15) is 4.79 Å². The van der Waals surface area contributed by atoms with Crippen LogP contribution < -0.4 is 5.32 Å². The highest BCUT2D eigenvalue weighted by molar-refractivity contribution is 7.98. The summed E-state index contributed by atoms with van der Waals surface area (Å²) in [4.78, 5) is 21.4. The number of benzene rings is 2. The van der Waals surface area contributed by atoms with E-state index in [4.69, 9.17) is 16.0 Å². The third-order valence-electron chi connectivity index (χ3n) is 4.22. The summed E-state index contributed by atoms with van der Waals surface area (Å²) in [5.74, 6) is 0.473. The van der Waals surface area contributed by atoms with E-state index < -0.39 is 0 Å². The molecule has 0 fully saturated rings. The maximum Gasteiger partial charge on any atom is 0.291 e. The summed E-state index contributed by atoms with van der Waals surface area (Å²) in [5, 5.41) is 5.01. The molecule has 2 heterocycles. The minimum absolute atomic E-state index is 0.279. The lowest BCUT2D eigenvalue weighted by Crippen LogP contribution is -2.12. The first-order chi connectivity index (χ1) is 13.6. The van der Waals surface area contributed by atoms with Gasteiger partial charge in [-0.1, -0.05) is 47.6 Å². The molecule has 140 valence electrons. The summed E-state index contributed by atoms with van der Waals surface area (Å²) in [6, 6.07) is 14.8. The molecule has 0 atom stereocenters. The predicted molar refractivity (Wildman–Crippen MR) is 112 cm³/mol. The Balaban J connectivity index is 1.65. The standard InChI is InChI=1S/C21H16ClN3O2S/c1-13-7-8-14(11-17(13)22)25-20(26)19-16(12-28-21-23-9-4-10-24-21)15-5-2-3-6-18(15)27-19/h2-11H,12H2,1H3,(H,25,26). The number of fused-ring (bicyclic) bond motifs is 1. The number of amides is 1. The summed E-state index contributed by atoms with van der Waals surface area (Å²) in [5.41, 5.74) is 3.04. The van der Waals surface area contributed by atoms with E-state index in [1.54, 1.807) is 24.5 Å². The second-order valence-electron chi connectivity index (χ2n) is 6.14. The lowest BCUT2D eigenvalue weighted by Gasteiger charge is -2.07. The highest BCUT2D eigenvalue weighted by Gasteiger charge is 2.21. The van der Waals surface area contributed by atoms with Crippen LogP contribution in [0.4, 0.5) is 5.69 Å². The van der Waals surface area contributed by atoms with E-state index in [-0.39, 0.29) is 11.7 Å². The average molecular weight is 410 g/mol. The van der Waals surface area contributed by atoms with Gasteiger partial charge in [-0.25, -0.2) is 9.97 Å². The van der Waals surface area contributed by atoms with Crippen LogP contribution in [-0.2, 0) is 5.75 Å². The zero-order chi connectivity index (χ0) is 19.5. The fourth-order valence-electron chi connectivity index (χ4n) is 2.78. The van der Waals surface area contributed by atoms with Gasteiger partial charge in [0.2, 0.25) is 0 Å². The molecule has 4 aromatic rings. The van der Waals surface area contributed by atoms with Gasteiger partial charge in [-0.3, -0.25) is 4.79 Å². The SMILES string of the molecule is Cc1ccc(NC(=O)c2oc3ccccc3c2CSc2ncccn2)cc1Cl. The molecule has 1 N–H and O–H groups in total. The lowest BCUT2D eigenvalue weighted by atomic mass is 10.1. The number of hydrogen-bond donors (Lipinski definition) is 1. The molecule has 7 heteroatoms. The van der Waals surface area contributed by atoms with Gasteiger partial charge in [0.25, 0.3) is 5.91 Å². The molecular weight excluding hydrogens is 394 g/mol. The van der Waals surface area contributed by atoms with Crippen molar-refractivity contribution in [1.29, 1.82) is 0 Å². The first kappa shape index (κ1) is 18.5. The van der Waals surface area contributed by atoms with Gasteiger partial charge in [-0.2, -0.15) is 0 Å².